The molecular formula is C18H22FN5OS. The fraction of sp³-hybridized carbons (Fsp3) is 0.444. The van der Waals surface area contributed by atoms with Gasteiger partial charge in [0.05, 0.1) is 10.9 Å². The zero-order valence-electron chi connectivity index (χ0n) is 15.0. The van der Waals surface area contributed by atoms with Crippen LogP contribution in [0.15, 0.2) is 18.3 Å². The number of hydrogen-bond acceptors (Lipinski definition) is 6. The molecule has 1 fully saturated rings. The van der Waals surface area contributed by atoms with Crippen LogP contribution < -0.4 is 5.32 Å². The highest BCUT2D eigenvalue weighted by molar-refractivity contribution is 7.22. The predicted octanol–water partition coefficient (Wildman–Crippen LogP) is 3.12. The van der Waals surface area contributed by atoms with Crippen LogP contribution in [0.2, 0.25) is 0 Å². The number of phenols is 1. The van der Waals surface area contributed by atoms with Gasteiger partial charge in [-0.1, -0.05) is 17.4 Å². The fourth-order valence-corrected chi connectivity index (χ4v) is 4.42. The predicted molar refractivity (Wildman–Crippen MR) is 102 cm³/mol. The Balaban J connectivity index is 1.53. The van der Waals surface area contributed by atoms with E-state index in [-0.39, 0.29) is 11.7 Å². The summed E-state index contributed by atoms with van der Waals surface area (Å²) in [6, 6.07) is 3.74. The van der Waals surface area contributed by atoms with Gasteiger partial charge in [-0.15, -0.1) is 5.10 Å². The quantitative estimate of drug-likeness (QED) is 0.733. The summed E-state index contributed by atoms with van der Waals surface area (Å²) >= 11 is 1.49. The molecule has 2 atom stereocenters. The number of nitrogens with zero attached hydrogens (tertiary/aromatic N) is 4. The zero-order chi connectivity index (χ0) is 18.4. The Morgan fingerprint density at radius 3 is 2.81 bits per heavy atom. The lowest BCUT2D eigenvalue weighted by atomic mass is 10.1. The number of aromatic nitrogens is 3. The molecule has 1 aromatic carbocycles. The topological polar surface area (TPSA) is 66.2 Å². The summed E-state index contributed by atoms with van der Waals surface area (Å²) in [7, 11) is 1.94. The molecule has 1 aliphatic heterocycles. The number of anilines is 1. The number of rotatable bonds is 4. The Hall–Kier alpha value is -2.19. The van der Waals surface area contributed by atoms with Gasteiger partial charge in [-0.3, -0.25) is 0 Å². The van der Waals surface area contributed by atoms with Crippen LogP contribution in [0.5, 0.6) is 5.75 Å². The third kappa shape index (κ3) is 3.14. The van der Waals surface area contributed by atoms with Crippen LogP contribution in [0, 0.1) is 19.8 Å². The molecule has 2 N–H and O–H groups in total. The van der Waals surface area contributed by atoms with Gasteiger partial charge in [0, 0.05) is 25.6 Å². The standard InChI is InChI=1S/C18H22FN5OS/c1-10-4-11(2)16(14(25)5-10)24-9-15-17(22-24)21-18(26-15)20-6-12-7-23(3)8-13(12)19/h4-5,9,12-13,25H,6-8H2,1-3H3,(H,20,21,22)/t12-,13+/m0/s1. The maximum Gasteiger partial charge on any atom is 0.194 e. The van der Waals surface area contributed by atoms with Gasteiger partial charge < -0.3 is 15.3 Å². The van der Waals surface area contributed by atoms with E-state index in [9.17, 15) is 9.50 Å². The second-order valence-corrected chi connectivity index (χ2v) is 8.14. The first-order valence-corrected chi connectivity index (χ1v) is 9.45. The van der Waals surface area contributed by atoms with Crippen molar-refractivity contribution in [3.63, 3.8) is 0 Å². The van der Waals surface area contributed by atoms with Crippen LogP contribution in [-0.4, -0.2) is 57.6 Å². The van der Waals surface area contributed by atoms with Crippen LogP contribution in [0.1, 0.15) is 11.1 Å². The first-order valence-electron chi connectivity index (χ1n) is 8.64. The molecule has 26 heavy (non-hydrogen) atoms. The summed E-state index contributed by atoms with van der Waals surface area (Å²) in [6.07, 6.45) is 1.08. The summed E-state index contributed by atoms with van der Waals surface area (Å²) in [5, 5.41) is 18.8. The second kappa shape index (κ2) is 6.51. The number of hydrogen-bond donors (Lipinski definition) is 2. The number of halogens is 1. The molecule has 3 heterocycles. The fourth-order valence-electron chi connectivity index (χ4n) is 3.59. The van der Waals surface area contributed by atoms with E-state index in [1.165, 1.54) is 11.3 Å². The molecule has 0 aliphatic carbocycles. The molecule has 4 rings (SSSR count). The maximum absolute atomic E-state index is 13.9. The molecule has 0 unspecified atom stereocenters. The first kappa shape index (κ1) is 17.2. The lowest BCUT2D eigenvalue weighted by molar-refractivity contribution is 0.285. The summed E-state index contributed by atoms with van der Waals surface area (Å²) < 4.78 is 16.5. The van der Waals surface area contributed by atoms with Crippen molar-refractivity contribution in [1.82, 2.24) is 19.7 Å². The Morgan fingerprint density at radius 2 is 2.15 bits per heavy atom. The third-order valence-corrected chi connectivity index (χ3v) is 5.73. The van der Waals surface area contributed by atoms with E-state index in [4.69, 9.17) is 0 Å². The molecule has 138 valence electrons. The van der Waals surface area contributed by atoms with Gasteiger partial charge in [-0.2, -0.15) is 4.98 Å². The minimum absolute atomic E-state index is 0.0108. The van der Waals surface area contributed by atoms with Crippen LogP contribution >= 0.6 is 11.3 Å². The minimum atomic E-state index is -0.793. The average molecular weight is 375 g/mol. The number of thiazole rings is 1. The first-order chi connectivity index (χ1) is 12.4. The van der Waals surface area contributed by atoms with E-state index in [2.05, 4.69) is 15.4 Å². The highest BCUT2D eigenvalue weighted by atomic mass is 32.1. The van der Waals surface area contributed by atoms with Crippen LogP contribution in [0.25, 0.3) is 16.0 Å². The van der Waals surface area contributed by atoms with Crippen molar-refractivity contribution in [2.24, 2.45) is 5.92 Å². The summed E-state index contributed by atoms with van der Waals surface area (Å²) in [5.74, 6) is 0.193. The lowest BCUT2D eigenvalue weighted by Crippen LogP contribution is -2.22. The van der Waals surface area contributed by atoms with E-state index in [1.807, 2.05) is 38.1 Å². The minimum Gasteiger partial charge on any atom is -0.506 e. The second-order valence-electron chi connectivity index (χ2n) is 7.11. The van der Waals surface area contributed by atoms with Gasteiger partial charge in [0.1, 0.15) is 17.6 Å². The van der Waals surface area contributed by atoms with Crippen molar-refractivity contribution in [2.75, 3.05) is 32.0 Å². The number of nitrogens with one attached hydrogen (secondary N) is 1. The molecule has 6 nitrogen and oxygen atoms in total. The van der Waals surface area contributed by atoms with Crippen molar-refractivity contribution in [3.8, 4) is 11.4 Å². The average Bonchev–Trinajstić information content (AvgIpc) is 3.17. The van der Waals surface area contributed by atoms with E-state index < -0.39 is 6.17 Å². The van der Waals surface area contributed by atoms with Gasteiger partial charge in [0.15, 0.2) is 10.8 Å². The molecule has 0 saturated carbocycles. The number of likely N-dealkylation sites (tertiary alicyclic amines) is 1. The summed E-state index contributed by atoms with van der Waals surface area (Å²) in [5.41, 5.74) is 3.25. The largest absolute Gasteiger partial charge is 0.506 e. The molecule has 1 saturated heterocycles. The normalized spacial score (nSPS) is 20.9. The number of aromatic hydroxyl groups is 1. The third-order valence-electron chi connectivity index (χ3n) is 4.79. The van der Waals surface area contributed by atoms with Crippen LogP contribution in [0.3, 0.4) is 0 Å². The van der Waals surface area contributed by atoms with Crippen molar-refractivity contribution in [3.05, 3.63) is 29.5 Å². The van der Waals surface area contributed by atoms with E-state index in [0.717, 1.165) is 27.5 Å². The van der Waals surface area contributed by atoms with Gasteiger partial charge in [0.25, 0.3) is 0 Å². The highest BCUT2D eigenvalue weighted by Gasteiger charge is 2.30. The Morgan fingerprint density at radius 1 is 1.35 bits per heavy atom. The molecular weight excluding hydrogens is 353 g/mol. The van der Waals surface area contributed by atoms with Crippen LogP contribution in [-0.2, 0) is 0 Å². The maximum atomic E-state index is 13.9. The summed E-state index contributed by atoms with van der Waals surface area (Å²) in [6.45, 7) is 5.72. The van der Waals surface area contributed by atoms with Crippen LogP contribution in [0.4, 0.5) is 9.52 Å². The number of phenolic OH excluding ortho intramolecular Hbond substituents is 1. The molecule has 0 bridgehead atoms. The van der Waals surface area contributed by atoms with Crippen molar-refractivity contribution >= 4 is 26.8 Å². The highest BCUT2D eigenvalue weighted by Crippen LogP contribution is 2.31. The van der Waals surface area contributed by atoms with Gasteiger partial charge in [-0.25, -0.2) is 9.07 Å². The van der Waals surface area contributed by atoms with E-state index in [1.54, 1.807) is 10.7 Å². The van der Waals surface area contributed by atoms with Gasteiger partial charge in [-0.05, 0) is 38.1 Å². The Kier molecular flexibility index (Phi) is 4.32. The van der Waals surface area contributed by atoms with Crippen molar-refractivity contribution in [1.29, 1.82) is 0 Å². The number of aryl methyl sites for hydroxylation is 2. The van der Waals surface area contributed by atoms with Crippen molar-refractivity contribution in [2.45, 2.75) is 20.0 Å². The molecule has 0 spiro atoms. The molecule has 0 amide bonds. The molecule has 1 aliphatic rings. The number of alkyl halides is 1. The SMILES string of the molecule is Cc1cc(C)c(-n2cc3sc(NC[C@H]4CN(C)C[C@H]4F)nc3n2)c(O)c1. The Bertz CT molecular complexity index is 898. The number of fused-ring (bicyclic) bond motifs is 1. The monoisotopic (exact) mass is 375 g/mol. The van der Waals surface area contributed by atoms with Gasteiger partial charge >= 0.3 is 0 Å². The number of benzene rings is 1. The summed E-state index contributed by atoms with van der Waals surface area (Å²) in [4.78, 5) is 6.51. The molecule has 2 aromatic heterocycles. The zero-order valence-corrected chi connectivity index (χ0v) is 15.8. The molecule has 0 radical (unpaired) electrons. The molecule has 8 heteroatoms. The van der Waals surface area contributed by atoms with E-state index >= 15 is 0 Å². The lowest BCUT2D eigenvalue weighted by Gasteiger charge is -2.12. The van der Waals surface area contributed by atoms with Crippen molar-refractivity contribution < 1.29 is 9.50 Å². The Labute approximate surface area is 155 Å². The van der Waals surface area contributed by atoms with E-state index in [0.29, 0.717) is 24.4 Å². The molecule has 3 aromatic rings. The smallest absolute Gasteiger partial charge is 0.194 e. The van der Waals surface area contributed by atoms with Gasteiger partial charge in [0.2, 0.25) is 0 Å².